The fourth-order valence-corrected chi connectivity index (χ4v) is 21.7. The highest BCUT2D eigenvalue weighted by atomic mass is 32.1. The lowest BCUT2D eigenvalue weighted by Gasteiger charge is -2.35. The number of thiophene rings is 2. The first kappa shape index (κ1) is 63.4. The highest BCUT2D eigenvalue weighted by Crippen LogP contribution is 2.35. The molecule has 0 spiro atoms. The van der Waals surface area contributed by atoms with E-state index in [-0.39, 0.29) is 35.0 Å². The molecule has 2 aromatic heterocycles. The van der Waals surface area contributed by atoms with Crippen LogP contribution in [0.2, 0.25) is 0 Å². The van der Waals surface area contributed by atoms with Crippen molar-refractivity contribution in [2.45, 2.75) is 127 Å². The van der Waals surface area contributed by atoms with Gasteiger partial charge < -0.3 is 0 Å². The van der Waals surface area contributed by atoms with Crippen LogP contribution in [-0.2, 0) is 16.2 Å². The Hall–Kier alpha value is -7.71. The van der Waals surface area contributed by atoms with E-state index in [1.807, 2.05) is 43.4 Å². The summed E-state index contributed by atoms with van der Waals surface area (Å²) in [5.74, 6) is 1.67. The van der Waals surface area contributed by atoms with Crippen LogP contribution >= 0.6 is 22.7 Å². The van der Waals surface area contributed by atoms with Crippen molar-refractivity contribution in [3.63, 3.8) is 0 Å². The van der Waals surface area contributed by atoms with Crippen molar-refractivity contribution in [3.05, 3.63) is 307 Å². The Kier molecular flexibility index (Phi) is 22.0. The van der Waals surface area contributed by atoms with Crippen molar-refractivity contribution >= 4 is 116 Å². The largest absolute Gasteiger partial charge is 0.181 e. The van der Waals surface area contributed by atoms with Gasteiger partial charge in [0.25, 0.3) is 0 Å². The average molecular weight is 1270 g/mol. The van der Waals surface area contributed by atoms with Crippen LogP contribution in [0.1, 0.15) is 132 Å². The molecule has 0 amide bonds. The molecule has 0 aliphatic heterocycles. The smallest absolute Gasteiger partial charge is 0.135 e. The van der Waals surface area contributed by atoms with Gasteiger partial charge in [-0.15, -0.1) is 22.7 Å². The van der Waals surface area contributed by atoms with Crippen LogP contribution in [0, 0.1) is 18.8 Å². The maximum Gasteiger partial charge on any atom is 0.181 e. The van der Waals surface area contributed by atoms with E-state index in [1.165, 1.54) is 87.8 Å². The van der Waals surface area contributed by atoms with Gasteiger partial charge >= 0.3 is 0 Å². The van der Waals surface area contributed by atoms with E-state index in [9.17, 15) is 0 Å². The molecule has 0 fully saturated rings. The normalized spacial score (nSPS) is 12.2. The number of hydrogen-bond donors (Lipinski definition) is 0. The molecule has 0 aliphatic carbocycles. The first-order valence-electron chi connectivity index (χ1n) is 34.3. The van der Waals surface area contributed by atoms with E-state index in [2.05, 4.69) is 344 Å². The van der Waals surface area contributed by atoms with Gasteiger partial charge in [0.15, 0.2) is 16.9 Å². The summed E-state index contributed by atoms with van der Waals surface area (Å²) in [5, 5.41) is 15.6. The van der Waals surface area contributed by atoms with E-state index >= 15 is 0 Å². The molecule has 4 heteroatoms. The van der Waals surface area contributed by atoms with Gasteiger partial charge in [0, 0.05) is 40.3 Å². The van der Waals surface area contributed by atoms with Crippen molar-refractivity contribution in [3.8, 4) is 0 Å². The SMILES string of the molecule is CC(C)(C)c1ccc([Si](c2ccccc2)(c2ccccc2)c2cccc3c2sc2ccccc23)cc1.CC(C)(C)c1ccccc1.CC(C)C.CC(C)C.[2H]c1c([2H])c(C)c([2H])c(C(C)(C)C)c1[2H].c1ccc([Si](c2ccccc2)c2cccc3c2sc2ccccc23)cc1. The highest BCUT2D eigenvalue weighted by molar-refractivity contribution is 7.31. The third-order valence-corrected chi connectivity index (χ3v) is 25.7. The second-order valence-corrected chi connectivity index (χ2v) is 36.1. The van der Waals surface area contributed by atoms with Gasteiger partial charge in [-0.25, -0.2) is 0 Å². The Bertz CT molecular complexity index is 4420. The van der Waals surface area contributed by atoms with Gasteiger partial charge in [0.2, 0.25) is 0 Å². The van der Waals surface area contributed by atoms with Gasteiger partial charge in [0.1, 0.15) is 0 Å². The molecule has 2 heterocycles. The van der Waals surface area contributed by atoms with Crippen LogP contribution in [0.4, 0.5) is 0 Å². The van der Waals surface area contributed by atoms with Crippen molar-refractivity contribution < 1.29 is 5.48 Å². The topological polar surface area (TPSA) is 0 Å². The zero-order chi connectivity index (χ0) is 68.8. The summed E-state index contributed by atoms with van der Waals surface area (Å²) < 4.78 is 36.5. The lowest BCUT2D eigenvalue weighted by atomic mass is 9.86. The molecule has 91 heavy (non-hydrogen) atoms. The molecule has 465 valence electrons. The summed E-state index contributed by atoms with van der Waals surface area (Å²) in [6.45, 7) is 34.0. The van der Waals surface area contributed by atoms with Crippen LogP contribution in [0.25, 0.3) is 40.3 Å². The van der Waals surface area contributed by atoms with Gasteiger partial charge in [-0.05, 0) is 89.8 Å². The predicted octanol–water partition coefficient (Wildman–Crippen LogP) is 20.9. The molecule has 0 bridgehead atoms. The lowest BCUT2D eigenvalue weighted by Crippen LogP contribution is -2.74. The molecular weight excluding hydrogens is 1170 g/mol. The first-order chi connectivity index (χ1) is 45.2. The molecular formula is C87H97S2Si2. The third-order valence-electron chi connectivity index (χ3n) is 15.3. The zero-order valence-electron chi connectivity index (χ0n) is 60.8. The molecule has 0 aliphatic rings. The van der Waals surface area contributed by atoms with Crippen LogP contribution < -0.4 is 36.3 Å². The minimum Gasteiger partial charge on any atom is -0.135 e. The summed E-state index contributed by atoms with van der Waals surface area (Å²) in [5.41, 5.74) is 3.89. The number of fused-ring (bicyclic) bond motifs is 6. The van der Waals surface area contributed by atoms with E-state index in [4.69, 9.17) is 5.48 Å². The number of rotatable bonds is 7. The minimum atomic E-state index is -2.60. The van der Waals surface area contributed by atoms with Crippen molar-refractivity contribution in [1.82, 2.24) is 0 Å². The maximum absolute atomic E-state index is 7.91. The Morgan fingerprint density at radius 2 is 0.703 bits per heavy atom. The van der Waals surface area contributed by atoms with Crippen LogP contribution in [0.15, 0.2) is 285 Å². The third kappa shape index (κ3) is 17.9. The summed E-state index contributed by atoms with van der Waals surface area (Å²) in [7, 11) is -3.64. The van der Waals surface area contributed by atoms with Crippen molar-refractivity contribution in [2.75, 3.05) is 0 Å². The number of benzene rings is 11. The fourth-order valence-electron chi connectivity index (χ4n) is 11.0. The van der Waals surface area contributed by atoms with Crippen molar-refractivity contribution in [2.24, 2.45) is 11.8 Å². The lowest BCUT2D eigenvalue weighted by molar-refractivity contribution is 0.589. The van der Waals surface area contributed by atoms with E-state index in [0.717, 1.165) is 11.8 Å². The van der Waals surface area contributed by atoms with Gasteiger partial charge in [-0.3, -0.25) is 0 Å². The fraction of sp³-hybridized carbons (Fsp3) is 0.241. The van der Waals surface area contributed by atoms with E-state index in [1.54, 1.807) is 6.92 Å². The standard InChI is InChI=1S/C34H30SSi.C24H17SSi.C11H16.C10H14.2C4H10/c1-34(2,3)25-21-23-28(24-22-25)36(26-13-6-4-7-14-26,27-15-8-5-9-16-27)32-20-12-18-30-29-17-10-11-19-31(29)35-33(30)32;1-3-10-18(11-4-1)26(19-12-5-2-6-13-19)23-17-9-15-21-20-14-7-8-16-22(20)25-24(21)23;1-9-6-5-7-10(8-9)11(2,3)4;1-10(2,3)9-7-5-4-6-8-9;2*1-4(2)3/h4-24H,1-3H3;1-17H;5-8H,1-4H3;4-8H,1-3H3;2*4H,1-3H3/i;;5D,6D,7D,8D;;;. The quantitative estimate of drug-likeness (QED) is 0.110. The maximum atomic E-state index is 7.91. The van der Waals surface area contributed by atoms with Gasteiger partial charge in [0.05, 0.1) is 5.48 Å². The minimum absolute atomic E-state index is 0.00185. The van der Waals surface area contributed by atoms with E-state index in [0.29, 0.717) is 16.5 Å². The molecule has 0 saturated carbocycles. The van der Waals surface area contributed by atoms with Gasteiger partial charge in [-0.1, -0.05) is 393 Å². The second kappa shape index (κ2) is 31.5. The molecule has 1 radical (unpaired) electrons. The summed E-state index contributed by atoms with van der Waals surface area (Å²) in [6.07, 6.45) is 0. The van der Waals surface area contributed by atoms with Gasteiger partial charge in [-0.2, -0.15) is 0 Å². The first-order valence-corrected chi connectivity index (χ1v) is 37.4. The highest BCUT2D eigenvalue weighted by Gasteiger charge is 2.43. The second-order valence-electron chi connectivity index (χ2n) is 27.8. The van der Waals surface area contributed by atoms with E-state index < -0.39 is 16.9 Å². The molecule has 11 aromatic carbocycles. The van der Waals surface area contributed by atoms with Crippen LogP contribution in [0.3, 0.4) is 0 Å². The molecule has 13 rings (SSSR count). The molecule has 0 saturated heterocycles. The Morgan fingerprint density at radius 3 is 1.14 bits per heavy atom. The average Bonchev–Trinajstić information content (AvgIpc) is 1.71. The van der Waals surface area contributed by atoms with Crippen LogP contribution in [0.5, 0.6) is 0 Å². The number of hydrogen-bond acceptors (Lipinski definition) is 2. The monoisotopic (exact) mass is 1270 g/mol. The summed E-state index contributed by atoms with van der Waals surface area (Å²) in [4.78, 5) is 0. The molecule has 13 aromatic rings. The predicted molar refractivity (Wildman–Crippen MR) is 415 cm³/mol. The van der Waals surface area contributed by atoms with Crippen LogP contribution in [-0.4, -0.2) is 16.9 Å². The van der Waals surface area contributed by atoms with Crippen molar-refractivity contribution in [1.29, 1.82) is 0 Å². The molecule has 0 N–H and O–H groups in total. The summed E-state index contributed by atoms with van der Waals surface area (Å²) >= 11 is 3.87. The molecule has 0 atom stereocenters. The Labute approximate surface area is 564 Å². The summed E-state index contributed by atoms with van der Waals surface area (Å²) in [6, 6.07) is 96.2. The molecule has 0 nitrogen and oxygen atoms in total. The Balaban J connectivity index is 0.000000170. The Morgan fingerprint density at radius 1 is 0.352 bits per heavy atom. The molecule has 0 unspecified atom stereocenters. The zero-order valence-corrected chi connectivity index (χ0v) is 60.4.